The van der Waals surface area contributed by atoms with Gasteiger partial charge < -0.3 is 14.8 Å². The number of aryl methyl sites for hydroxylation is 1. The Hall–Kier alpha value is -2.08. The van der Waals surface area contributed by atoms with Crippen molar-refractivity contribution in [3.63, 3.8) is 0 Å². The van der Waals surface area contributed by atoms with Gasteiger partial charge in [0.25, 0.3) is 0 Å². The highest BCUT2D eigenvalue weighted by molar-refractivity contribution is 6.33. The van der Waals surface area contributed by atoms with E-state index < -0.39 is 0 Å². The van der Waals surface area contributed by atoms with Crippen LogP contribution in [0.25, 0.3) is 0 Å². The van der Waals surface area contributed by atoms with E-state index in [0.29, 0.717) is 11.4 Å². The van der Waals surface area contributed by atoms with Crippen LogP contribution in [0.4, 0.5) is 5.69 Å². The molecule has 2 aromatic rings. The number of hydrogen-bond acceptors (Lipinski definition) is 4. The zero-order valence-corrected chi connectivity index (χ0v) is 14.0. The molecule has 3 rings (SSSR count). The summed E-state index contributed by atoms with van der Waals surface area (Å²) in [6, 6.07) is 1.82. The third kappa shape index (κ3) is 3.17. The number of anilines is 1. The molecule has 0 aromatic carbocycles. The van der Waals surface area contributed by atoms with E-state index in [4.69, 9.17) is 11.6 Å². The molecule has 1 aliphatic rings. The van der Waals surface area contributed by atoms with Crippen LogP contribution in [0.2, 0.25) is 5.02 Å². The molecule has 1 N–H and O–H groups in total. The molecule has 0 radical (unpaired) electrons. The summed E-state index contributed by atoms with van der Waals surface area (Å²) in [6.45, 7) is 0.721. The molecule has 7 heteroatoms. The lowest BCUT2D eigenvalue weighted by molar-refractivity contribution is -0.137. The van der Waals surface area contributed by atoms with Crippen molar-refractivity contribution in [2.45, 2.75) is 18.9 Å². The van der Waals surface area contributed by atoms with Gasteiger partial charge in [-0.05, 0) is 12.5 Å². The Bertz CT molecular complexity index is 701. The Balaban J connectivity index is 1.80. The normalized spacial score (nSPS) is 21.5. The first-order chi connectivity index (χ1) is 11.1. The maximum atomic E-state index is 12.1. The van der Waals surface area contributed by atoms with E-state index in [9.17, 15) is 4.79 Å². The molecule has 1 fully saturated rings. The Kier molecular flexibility index (Phi) is 4.52. The Labute approximate surface area is 140 Å². The predicted octanol–water partition coefficient (Wildman–Crippen LogP) is 2.49. The van der Waals surface area contributed by atoms with Crippen LogP contribution in [0.1, 0.15) is 24.7 Å². The quantitative estimate of drug-likeness (QED) is 0.933. The maximum absolute atomic E-state index is 12.1. The van der Waals surface area contributed by atoms with E-state index >= 15 is 0 Å². The topological polar surface area (TPSA) is 63.1 Å². The van der Waals surface area contributed by atoms with E-state index in [1.807, 2.05) is 35.8 Å². The number of aromatic nitrogens is 3. The molecule has 2 atom stereocenters. The highest BCUT2D eigenvalue weighted by Crippen LogP contribution is 2.35. The standard InChI is InChI=1S/C16H20ClN5O/c1-21-8-7-19-16(21)15-11(3-4-14(23)22(15)2)9-20-13-5-6-18-10-12(13)17/h5-8,10-11,15H,3-4,9H2,1-2H3,(H,18,20)/t11-,15+/m1/s1. The van der Waals surface area contributed by atoms with Crippen molar-refractivity contribution in [1.29, 1.82) is 0 Å². The Morgan fingerprint density at radius 1 is 1.39 bits per heavy atom. The SMILES string of the molecule is CN1C(=O)CC[C@H](CNc2ccncc2Cl)[C@H]1c1nccn1C. The van der Waals surface area contributed by atoms with Crippen LogP contribution in [0.5, 0.6) is 0 Å². The second-order valence-corrected chi connectivity index (χ2v) is 6.29. The highest BCUT2D eigenvalue weighted by Gasteiger charge is 2.36. The molecule has 0 aliphatic carbocycles. The van der Waals surface area contributed by atoms with Crippen LogP contribution >= 0.6 is 11.6 Å². The van der Waals surface area contributed by atoms with Gasteiger partial charge in [-0.25, -0.2) is 4.98 Å². The summed E-state index contributed by atoms with van der Waals surface area (Å²) in [5.41, 5.74) is 0.861. The maximum Gasteiger partial charge on any atom is 0.222 e. The van der Waals surface area contributed by atoms with E-state index in [1.165, 1.54) is 0 Å². The first-order valence-electron chi connectivity index (χ1n) is 7.64. The minimum Gasteiger partial charge on any atom is -0.383 e. The monoisotopic (exact) mass is 333 g/mol. The molecule has 6 nitrogen and oxygen atoms in total. The van der Waals surface area contributed by atoms with Crippen molar-refractivity contribution in [3.05, 3.63) is 41.7 Å². The van der Waals surface area contributed by atoms with E-state index in [-0.39, 0.29) is 17.9 Å². The second kappa shape index (κ2) is 6.58. The molecule has 1 aliphatic heterocycles. The van der Waals surface area contributed by atoms with E-state index in [0.717, 1.165) is 24.5 Å². The van der Waals surface area contributed by atoms with Gasteiger partial charge in [0.1, 0.15) is 5.82 Å². The predicted molar refractivity (Wildman–Crippen MR) is 89.2 cm³/mol. The zero-order valence-electron chi connectivity index (χ0n) is 13.2. The highest BCUT2D eigenvalue weighted by atomic mass is 35.5. The first-order valence-corrected chi connectivity index (χ1v) is 8.02. The van der Waals surface area contributed by atoms with Crippen molar-refractivity contribution in [3.8, 4) is 0 Å². The fourth-order valence-electron chi connectivity index (χ4n) is 3.13. The lowest BCUT2D eigenvalue weighted by Crippen LogP contribution is -2.43. The van der Waals surface area contributed by atoms with Crippen LogP contribution in [-0.2, 0) is 11.8 Å². The lowest BCUT2D eigenvalue weighted by Gasteiger charge is -2.38. The number of nitrogens with zero attached hydrogens (tertiary/aromatic N) is 4. The van der Waals surface area contributed by atoms with Gasteiger partial charge in [-0.1, -0.05) is 11.6 Å². The van der Waals surface area contributed by atoms with Crippen molar-refractivity contribution in [1.82, 2.24) is 19.4 Å². The van der Waals surface area contributed by atoms with Gasteiger partial charge in [-0.15, -0.1) is 0 Å². The number of pyridine rings is 1. The van der Waals surface area contributed by atoms with E-state index in [2.05, 4.69) is 15.3 Å². The summed E-state index contributed by atoms with van der Waals surface area (Å²) >= 11 is 6.15. The summed E-state index contributed by atoms with van der Waals surface area (Å²) in [4.78, 5) is 22.4. The number of rotatable bonds is 4. The fourth-order valence-corrected chi connectivity index (χ4v) is 3.32. The van der Waals surface area contributed by atoms with Gasteiger partial charge in [0.15, 0.2) is 0 Å². The van der Waals surface area contributed by atoms with E-state index in [1.54, 1.807) is 18.6 Å². The van der Waals surface area contributed by atoms with Gasteiger partial charge in [-0.2, -0.15) is 0 Å². The zero-order chi connectivity index (χ0) is 16.4. The molecule has 0 spiro atoms. The molecule has 23 heavy (non-hydrogen) atoms. The van der Waals surface area contributed by atoms with Gasteiger partial charge in [-0.3, -0.25) is 9.78 Å². The number of halogens is 1. The fraction of sp³-hybridized carbons (Fsp3) is 0.438. The molecule has 2 aromatic heterocycles. The number of carbonyl (C=O) groups excluding carboxylic acids is 1. The average molecular weight is 334 g/mol. The first kappa shape index (κ1) is 15.8. The van der Waals surface area contributed by atoms with Crippen LogP contribution in [0, 0.1) is 5.92 Å². The molecule has 3 heterocycles. The molecule has 0 saturated carbocycles. The minimum atomic E-state index is -0.0376. The molecule has 1 amide bonds. The summed E-state index contributed by atoms with van der Waals surface area (Å²) in [7, 11) is 3.81. The lowest BCUT2D eigenvalue weighted by atomic mass is 9.88. The Morgan fingerprint density at radius 2 is 2.22 bits per heavy atom. The van der Waals surface area contributed by atoms with Crippen molar-refractivity contribution in [2.24, 2.45) is 13.0 Å². The smallest absolute Gasteiger partial charge is 0.222 e. The number of likely N-dealkylation sites (tertiary alicyclic amines) is 1. The van der Waals surface area contributed by atoms with Crippen molar-refractivity contribution >= 4 is 23.2 Å². The second-order valence-electron chi connectivity index (χ2n) is 5.88. The van der Waals surface area contributed by atoms with Crippen LogP contribution in [-0.4, -0.2) is 38.9 Å². The average Bonchev–Trinajstić information content (AvgIpc) is 2.95. The van der Waals surface area contributed by atoms with Gasteiger partial charge in [0.2, 0.25) is 5.91 Å². The molecule has 0 unspecified atom stereocenters. The third-order valence-electron chi connectivity index (χ3n) is 4.44. The molecular formula is C16H20ClN5O. The third-order valence-corrected chi connectivity index (χ3v) is 4.74. The van der Waals surface area contributed by atoms with Gasteiger partial charge in [0, 0.05) is 57.8 Å². The minimum absolute atomic E-state index is 0.0376. The number of nitrogens with one attached hydrogen (secondary N) is 1. The van der Waals surface area contributed by atoms with Crippen LogP contribution in [0.15, 0.2) is 30.9 Å². The van der Waals surface area contributed by atoms with Crippen LogP contribution in [0.3, 0.4) is 0 Å². The Morgan fingerprint density at radius 3 is 2.91 bits per heavy atom. The van der Waals surface area contributed by atoms with Gasteiger partial charge in [0.05, 0.1) is 16.8 Å². The van der Waals surface area contributed by atoms with Crippen molar-refractivity contribution < 1.29 is 4.79 Å². The molecule has 1 saturated heterocycles. The number of amides is 1. The number of imidazole rings is 1. The summed E-state index contributed by atoms with van der Waals surface area (Å²) < 4.78 is 1.98. The number of carbonyl (C=O) groups is 1. The van der Waals surface area contributed by atoms with Crippen LogP contribution < -0.4 is 5.32 Å². The molecular weight excluding hydrogens is 314 g/mol. The molecule has 122 valence electrons. The summed E-state index contributed by atoms with van der Waals surface area (Å²) in [5, 5.41) is 3.98. The summed E-state index contributed by atoms with van der Waals surface area (Å²) in [6.07, 6.45) is 8.40. The van der Waals surface area contributed by atoms with Gasteiger partial charge >= 0.3 is 0 Å². The number of piperidine rings is 1. The summed E-state index contributed by atoms with van der Waals surface area (Å²) in [5.74, 6) is 1.34. The largest absolute Gasteiger partial charge is 0.383 e. The number of hydrogen-bond donors (Lipinski definition) is 1. The molecule has 0 bridgehead atoms. The van der Waals surface area contributed by atoms with Crippen molar-refractivity contribution in [2.75, 3.05) is 18.9 Å².